The van der Waals surface area contributed by atoms with Gasteiger partial charge in [-0.25, -0.2) is 0 Å². The van der Waals surface area contributed by atoms with Crippen LogP contribution >= 0.6 is 0 Å². The third kappa shape index (κ3) is 3.86. The minimum absolute atomic E-state index is 0.396. The predicted octanol–water partition coefficient (Wildman–Crippen LogP) is 3.70. The summed E-state index contributed by atoms with van der Waals surface area (Å²) in [5.41, 5.74) is 1.52. The molecular weight excluding hydrogens is 286 g/mol. The van der Waals surface area contributed by atoms with Crippen molar-refractivity contribution in [3.8, 4) is 0 Å². The highest BCUT2D eigenvalue weighted by atomic mass is 16.2. The van der Waals surface area contributed by atoms with Crippen LogP contribution in [0.2, 0.25) is 0 Å². The smallest absolute Gasteiger partial charge is 0.295 e. The van der Waals surface area contributed by atoms with Crippen molar-refractivity contribution in [2.75, 3.05) is 6.54 Å². The van der Waals surface area contributed by atoms with Crippen LogP contribution in [0.25, 0.3) is 0 Å². The number of ketones is 1. The van der Waals surface area contributed by atoms with Crippen molar-refractivity contribution >= 4 is 11.7 Å². The van der Waals surface area contributed by atoms with Crippen LogP contribution in [0.3, 0.4) is 0 Å². The topological polar surface area (TPSA) is 37.4 Å². The summed E-state index contributed by atoms with van der Waals surface area (Å²) in [4.78, 5) is 26.9. The highest BCUT2D eigenvalue weighted by molar-refractivity contribution is 6.42. The number of carbonyl (C=O) groups excluding carboxylic acids is 2. The summed E-state index contributed by atoms with van der Waals surface area (Å²) in [6, 6.07) is 18.7. The van der Waals surface area contributed by atoms with E-state index in [1.807, 2.05) is 36.4 Å². The summed E-state index contributed by atoms with van der Waals surface area (Å²) < 4.78 is 0. The fraction of sp³-hybridized carbons (Fsp3) is 0.300. The largest absolute Gasteiger partial charge is 0.331 e. The van der Waals surface area contributed by atoms with Crippen LogP contribution in [0.4, 0.5) is 0 Å². The number of carbonyl (C=O) groups is 2. The zero-order chi connectivity index (χ0) is 16.1. The quantitative estimate of drug-likeness (QED) is 0.603. The van der Waals surface area contributed by atoms with Crippen molar-refractivity contribution < 1.29 is 9.59 Å². The average Bonchev–Trinajstić information content (AvgIpc) is 2.57. The number of hydrogen-bond acceptors (Lipinski definition) is 2. The molecule has 3 rings (SSSR count). The molecule has 3 heteroatoms. The van der Waals surface area contributed by atoms with E-state index in [1.165, 1.54) is 6.42 Å². The molecule has 1 aliphatic rings. The monoisotopic (exact) mass is 307 g/mol. The van der Waals surface area contributed by atoms with Gasteiger partial charge in [0.2, 0.25) is 5.78 Å². The van der Waals surface area contributed by atoms with Gasteiger partial charge in [0.05, 0.1) is 0 Å². The van der Waals surface area contributed by atoms with Gasteiger partial charge in [-0.15, -0.1) is 0 Å². The second-order valence-corrected chi connectivity index (χ2v) is 6.16. The maximum atomic E-state index is 12.7. The molecule has 0 saturated heterocycles. The molecule has 1 fully saturated rings. The molecule has 1 amide bonds. The van der Waals surface area contributed by atoms with E-state index >= 15 is 0 Å². The Morgan fingerprint density at radius 2 is 1.52 bits per heavy atom. The number of rotatable bonds is 6. The lowest BCUT2D eigenvalue weighted by atomic mass is 9.85. The van der Waals surface area contributed by atoms with E-state index in [-0.39, 0.29) is 0 Å². The van der Waals surface area contributed by atoms with E-state index in [4.69, 9.17) is 0 Å². The number of Topliss-reactive ketones (excluding diaryl/α,β-unsaturated/α-hetero) is 1. The summed E-state index contributed by atoms with van der Waals surface area (Å²) in [6.07, 6.45) is 3.53. The van der Waals surface area contributed by atoms with Gasteiger partial charge in [-0.1, -0.05) is 67.1 Å². The molecule has 2 aromatic rings. The second-order valence-electron chi connectivity index (χ2n) is 6.16. The van der Waals surface area contributed by atoms with Gasteiger partial charge in [0.25, 0.3) is 5.91 Å². The van der Waals surface area contributed by atoms with Crippen molar-refractivity contribution in [3.05, 3.63) is 71.8 Å². The Hall–Kier alpha value is -2.42. The average molecular weight is 307 g/mol. The van der Waals surface area contributed by atoms with Gasteiger partial charge in [-0.2, -0.15) is 0 Å². The molecule has 0 heterocycles. The standard InChI is InChI=1S/C20H21NO2/c22-19(18-12-5-2-6-13-18)20(23)21(15-17-10-7-11-17)14-16-8-3-1-4-9-16/h1-6,8-9,12-13,17H,7,10-11,14-15H2. The lowest BCUT2D eigenvalue weighted by Gasteiger charge is -2.32. The van der Waals surface area contributed by atoms with Gasteiger partial charge in [-0.3, -0.25) is 9.59 Å². The summed E-state index contributed by atoms with van der Waals surface area (Å²) >= 11 is 0. The van der Waals surface area contributed by atoms with Gasteiger partial charge in [0.1, 0.15) is 0 Å². The van der Waals surface area contributed by atoms with Crippen molar-refractivity contribution in [1.29, 1.82) is 0 Å². The van der Waals surface area contributed by atoms with E-state index in [0.717, 1.165) is 18.4 Å². The molecule has 0 spiro atoms. The van der Waals surface area contributed by atoms with Gasteiger partial charge >= 0.3 is 0 Å². The number of benzene rings is 2. The molecule has 0 radical (unpaired) electrons. The first kappa shape index (κ1) is 15.5. The summed E-state index contributed by atoms with van der Waals surface area (Å²) in [5, 5.41) is 0. The maximum absolute atomic E-state index is 12.7. The van der Waals surface area contributed by atoms with Crippen LogP contribution in [-0.4, -0.2) is 23.1 Å². The van der Waals surface area contributed by atoms with E-state index < -0.39 is 11.7 Å². The first-order chi connectivity index (χ1) is 11.2. The lowest BCUT2D eigenvalue weighted by molar-refractivity contribution is -0.128. The Balaban J connectivity index is 1.76. The van der Waals surface area contributed by atoms with Crippen molar-refractivity contribution in [2.24, 2.45) is 5.92 Å². The Bertz CT molecular complexity index is 663. The number of hydrogen-bond donors (Lipinski definition) is 0. The van der Waals surface area contributed by atoms with Crippen LogP contribution in [0.5, 0.6) is 0 Å². The minimum atomic E-state index is -0.416. The van der Waals surface area contributed by atoms with Crippen LogP contribution in [-0.2, 0) is 11.3 Å². The molecule has 3 nitrogen and oxygen atoms in total. The zero-order valence-corrected chi connectivity index (χ0v) is 13.2. The molecule has 0 unspecified atom stereocenters. The highest BCUT2D eigenvalue weighted by Crippen LogP contribution is 2.28. The number of nitrogens with zero attached hydrogens (tertiary/aromatic N) is 1. The Labute approximate surface area is 136 Å². The molecule has 0 aliphatic heterocycles. The minimum Gasteiger partial charge on any atom is -0.331 e. The summed E-state index contributed by atoms with van der Waals surface area (Å²) in [7, 11) is 0. The van der Waals surface area contributed by atoms with Crippen LogP contribution in [0.1, 0.15) is 35.2 Å². The molecule has 118 valence electrons. The fourth-order valence-electron chi connectivity index (χ4n) is 2.87. The number of amides is 1. The zero-order valence-electron chi connectivity index (χ0n) is 13.2. The fourth-order valence-corrected chi connectivity index (χ4v) is 2.87. The van der Waals surface area contributed by atoms with Crippen molar-refractivity contribution in [3.63, 3.8) is 0 Å². The molecule has 1 saturated carbocycles. The SMILES string of the molecule is O=C(C(=O)N(Cc1ccccc1)CC1CCC1)c1ccccc1. The molecule has 2 aromatic carbocycles. The van der Waals surface area contributed by atoms with E-state index in [0.29, 0.717) is 24.6 Å². The molecule has 0 N–H and O–H groups in total. The van der Waals surface area contributed by atoms with E-state index in [1.54, 1.807) is 29.2 Å². The molecule has 0 atom stereocenters. The predicted molar refractivity (Wildman–Crippen MR) is 90.0 cm³/mol. The normalized spacial score (nSPS) is 14.1. The lowest BCUT2D eigenvalue weighted by Crippen LogP contribution is -2.40. The second kappa shape index (κ2) is 7.23. The van der Waals surface area contributed by atoms with Crippen molar-refractivity contribution in [1.82, 2.24) is 4.90 Å². The van der Waals surface area contributed by atoms with E-state index in [2.05, 4.69) is 0 Å². The maximum Gasteiger partial charge on any atom is 0.295 e. The van der Waals surface area contributed by atoms with Crippen LogP contribution in [0.15, 0.2) is 60.7 Å². The Morgan fingerprint density at radius 3 is 2.09 bits per heavy atom. The molecule has 1 aliphatic carbocycles. The van der Waals surface area contributed by atoms with Gasteiger partial charge in [0, 0.05) is 18.7 Å². The first-order valence-corrected chi connectivity index (χ1v) is 8.16. The van der Waals surface area contributed by atoms with Crippen LogP contribution in [0, 0.1) is 5.92 Å². The first-order valence-electron chi connectivity index (χ1n) is 8.16. The van der Waals surface area contributed by atoms with Gasteiger partial charge in [-0.05, 0) is 24.3 Å². The molecule has 0 aromatic heterocycles. The third-order valence-electron chi connectivity index (χ3n) is 4.44. The Morgan fingerprint density at radius 1 is 0.913 bits per heavy atom. The summed E-state index contributed by atoms with van der Waals surface area (Å²) in [5.74, 6) is -0.279. The van der Waals surface area contributed by atoms with Crippen molar-refractivity contribution in [2.45, 2.75) is 25.8 Å². The van der Waals surface area contributed by atoms with E-state index in [9.17, 15) is 9.59 Å². The molecule has 0 bridgehead atoms. The van der Waals surface area contributed by atoms with Crippen LogP contribution < -0.4 is 0 Å². The van der Waals surface area contributed by atoms with Gasteiger partial charge in [0.15, 0.2) is 0 Å². The third-order valence-corrected chi connectivity index (χ3v) is 4.44. The van der Waals surface area contributed by atoms with Gasteiger partial charge < -0.3 is 4.90 Å². The summed E-state index contributed by atoms with van der Waals surface area (Å²) in [6.45, 7) is 1.17. The Kier molecular flexibility index (Phi) is 4.86. The highest BCUT2D eigenvalue weighted by Gasteiger charge is 2.28. The molecule has 23 heavy (non-hydrogen) atoms. The molecular formula is C20H21NO2.